The summed E-state index contributed by atoms with van der Waals surface area (Å²) in [6.45, 7) is 8.51. The lowest BCUT2D eigenvalue weighted by molar-refractivity contribution is -0.135. The molecule has 0 aromatic rings. The second kappa shape index (κ2) is 5.26. The van der Waals surface area contributed by atoms with Gasteiger partial charge in [-0.3, -0.25) is 9.59 Å². The minimum atomic E-state index is -0.868. The number of amides is 1. The fourth-order valence-electron chi connectivity index (χ4n) is 1.15. The smallest absolute Gasteiger partial charge is 0.220 e. The standard InChI is InChI=1S/C11H21NO3/c1-6-8(14)12-9(7(2)13)10(15)11(3,4)5/h7,9,13H,6H2,1-5H3,(H,12,14). The van der Waals surface area contributed by atoms with Crippen LogP contribution in [0.3, 0.4) is 0 Å². The molecule has 0 saturated heterocycles. The first-order chi connectivity index (χ1) is 6.70. The van der Waals surface area contributed by atoms with E-state index in [-0.39, 0.29) is 11.7 Å². The third kappa shape index (κ3) is 4.42. The van der Waals surface area contributed by atoms with Gasteiger partial charge in [0.1, 0.15) is 6.04 Å². The quantitative estimate of drug-likeness (QED) is 0.731. The van der Waals surface area contributed by atoms with Crippen molar-refractivity contribution in [2.24, 2.45) is 5.41 Å². The first-order valence-corrected chi connectivity index (χ1v) is 5.22. The molecule has 0 aromatic carbocycles. The molecule has 1 amide bonds. The summed E-state index contributed by atoms with van der Waals surface area (Å²) in [5, 5.41) is 12.0. The molecular weight excluding hydrogens is 194 g/mol. The van der Waals surface area contributed by atoms with Crippen LogP contribution >= 0.6 is 0 Å². The maximum Gasteiger partial charge on any atom is 0.220 e. The van der Waals surface area contributed by atoms with Crippen LogP contribution in [0.2, 0.25) is 0 Å². The van der Waals surface area contributed by atoms with Crippen molar-refractivity contribution in [2.75, 3.05) is 0 Å². The van der Waals surface area contributed by atoms with E-state index in [1.165, 1.54) is 6.92 Å². The second-order valence-electron chi connectivity index (χ2n) is 4.75. The molecular formula is C11H21NO3. The maximum atomic E-state index is 11.9. The predicted octanol–water partition coefficient (Wildman–Crippen LogP) is 0.877. The molecule has 0 fully saturated rings. The second-order valence-corrected chi connectivity index (χ2v) is 4.75. The van der Waals surface area contributed by atoms with E-state index >= 15 is 0 Å². The SMILES string of the molecule is CCC(=O)NC(C(=O)C(C)(C)C)C(C)O. The highest BCUT2D eigenvalue weighted by Crippen LogP contribution is 2.18. The molecule has 2 N–H and O–H groups in total. The molecule has 0 aromatic heterocycles. The van der Waals surface area contributed by atoms with Gasteiger partial charge in [-0.2, -0.15) is 0 Å². The van der Waals surface area contributed by atoms with Crippen molar-refractivity contribution in [2.45, 2.75) is 53.2 Å². The van der Waals surface area contributed by atoms with Crippen LogP contribution < -0.4 is 5.32 Å². The summed E-state index contributed by atoms with van der Waals surface area (Å²) in [5.41, 5.74) is -0.567. The van der Waals surface area contributed by atoms with Crippen LogP contribution in [0.1, 0.15) is 41.0 Å². The van der Waals surface area contributed by atoms with Crippen LogP contribution in [0.4, 0.5) is 0 Å². The average molecular weight is 215 g/mol. The van der Waals surface area contributed by atoms with Crippen molar-refractivity contribution in [1.82, 2.24) is 5.32 Å². The molecule has 0 aliphatic heterocycles. The van der Waals surface area contributed by atoms with Crippen LogP contribution in [0.15, 0.2) is 0 Å². The molecule has 2 atom stereocenters. The highest BCUT2D eigenvalue weighted by atomic mass is 16.3. The van der Waals surface area contributed by atoms with Gasteiger partial charge in [-0.1, -0.05) is 27.7 Å². The Hall–Kier alpha value is -0.900. The van der Waals surface area contributed by atoms with Gasteiger partial charge in [0.05, 0.1) is 6.10 Å². The largest absolute Gasteiger partial charge is 0.391 e. The molecule has 0 rings (SSSR count). The van der Waals surface area contributed by atoms with Gasteiger partial charge >= 0.3 is 0 Å². The van der Waals surface area contributed by atoms with Crippen LogP contribution in [0.5, 0.6) is 0 Å². The Balaban J connectivity index is 4.68. The van der Waals surface area contributed by atoms with E-state index in [1.54, 1.807) is 27.7 Å². The zero-order chi connectivity index (χ0) is 12.2. The highest BCUT2D eigenvalue weighted by molar-refractivity contribution is 5.92. The van der Waals surface area contributed by atoms with E-state index in [9.17, 15) is 14.7 Å². The van der Waals surface area contributed by atoms with E-state index in [1.807, 2.05) is 0 Å². The third-order valence-corrected chi connectivity index (χ3v) is 2.14. The van der Waals surface area contributed by atoms with Gasteiger partial charge in [-0.25, -0.2) is 0 Å². The van der Waals surface area contributed by atoms with Crippen LogP contribution in [0, 0.1) is 5.41 Å². The van der Waals surface area contributed by atoms with E-state index in [0.717, 1.165) is 0 Å². The maximum absolute atomic E-state index is 11.9. The van der Waals surface area contributed by atoms with Gasteiger partial charge in [-0.15, -0.1) is 0 Å². The van der Waals surface area contributed by atoms with Crippen molar-refractivity contribution in [1.29, 1.82) is 0 Å². The molecule has 4 nitrogen and oxygen atoms in total. The van der Waals surface area contributed by atoms with E-state index in [2.05, 4.69) is 5.32 Å². The zero-order valence-corrected chi connectivity index (χ0v) is 10.1. The number of aliphatic hydroxyl groups excluding tert-OH is 1. The van der Waals surface area contributed by atoms with Crippen molar-refractivity contribution in [3.8, 4) is 0 Å². The summed E-state index contributed by atoms with van der Waals surface area (Å²) in [6, 6.07) is -0.808. The van der Waals surface area contributed by atoms with E-state index in [4.69, 9.17) is 0 Å². The summed E-state index contributed by atoms with van der Waals surface area (Å²) in [6.07, 6.45) is -0.562. The first kappa shape index (κ1) is 14.1. The molecule has 4 heteroatoms. The van der Waals surface area contributed by atoms with E-state index < -0.39 is 17.6 Å². The normalized spacial score (nSPS) is 15.6. The molecule has 88 valence electrons. The highest BCUT2D eigenvalue weighted by Gasteiger charge is 2.33. The Bertz CT molecular complexity index is 241. The van der Waals surface area contributed by atoms with Gasteiger partial charge in [0.2, 0.25) is 5.91 Å². The number of hydrogen-bond donors (Lipinski definition) is 2. The minimum Gasteiger partial charge on any atom is -0.391 e. The van der Waals surface area contributed by atoms with Crippen molar-refractivity contribution >= 4 is 11.7 Å². The van der Waals surface area contributed by atoms with Crippen molar-refractivity contribution in [3.63, 3.8) is 0 Å². The Labute approximate surface area is 91.1 Å². The number of carbonyl (C=O) groups excluding carboxylic acids is 2. The minimum absolute atomic E-state index is 0.153. The Morgan fingerprint density at radius 1 is 1.33 bits per heavy atom. The van der Waals surface area contributed by atoms with Gasteiger partial charge in [0, 0.05) is 11.8 Å². The van der Waals surface area contributed by atoms with Crippen LogP contribution in [-0.2, 0) is 9.59 Å². The predicted molar refractivity (Wildman–Crippen MR) is 58.4 cm³/mol. The first-order valence-electron chi connectivity index (χ1n) is 5.22. The number of hydrogen-bond acceptors (Lipinski definition) is 3. The lowest BCUT2D eigenvalue weighted by Crippen LogP contribution is -2.51. The molecule has 0 heterocycles. The number of aliphatic hydroxyl groups is 1. The van der Waals surface area contributed by atoms with Gasteiger partial charge in [-0.05, 0) is 6.92 Å². The molecule has 2 unspecified atom stereocenters. The molecule has 0 aliphatic rings. The number of carbonyl (C=O) groups is 2. The number of Topliss-reactive ketones (excluding diaryl/α,β-unsaturated/α-hetero) is 1. The van der Waals surface area contributed by atoms with Crippen molar-refractivity contribution < 1.29 is 14.7 Å². The molecule has 0 radical (unpaired) electrons. The van der Waals surface area contributed by atoms with Crippen molar-refractivity contribution in [3.05, 3.63) is 0 Å². The topological polar surface area (TPSA) is 66.4 Å². The molecule has 0 spiro atoms. The third-order valence-electron chi connectivity index (χ3n) is 2.14. The number of ketones is 1. The summed E-state index contributed by atoms with van der Waals surface area (Å²) in [4.78, 5) is 23.1. The zero-order valence-electron chi connectivity index (χ0n) is 10.1. The van der Waals surface area contributed by atoms with Crippen LogP contribution in [0.25, 0.3) is 0 Å². The molecule has 0 aliphatic carbocycles. The lowest BCUT2D eigenvalue weighted by Gasteiger charge is -2.27. The van der Waals surface area contributed by atoms with Gasteiger partial charge < -0.3 is 10.4 Å². The summed E-state index contributed by atoms with van der Waals surface area (Å²) < 4.78 is 0. The Morgan fingerprint density at radius 2 is 1.80 bits per heavy atom. The summed E-state index contributed by atoms with van der Waals surface area (Å²) in [5.74, 6) is -0.377. The van der Waals surface area contributed by atoms with Crippen LogP contribution in [-0.4, -0.2) is 28.9 Å². The molecule has 0 saturated carbocycles. The molecule has 15 heavy (non-hydrogen) atoms. The fraction of sp³-hybridized carbons (Fsp3) is 0.818. The van der Waals surface area contributed by atoms with Gasteiger partial charge in [0.15, 0.2) is 5.78 Å². The average Bonchev–Trinajstić information content (AvgIpc) is 2.10. The molecule has 0 bridgehead atoms. The monoisotopic (exact) mass is 215 g/mol. The van der Waals surface area contributed by atoms with E-state index in [0.29, 0.717) is 6.42 Å². The van der Waals surface area contributed by atoms with Gasteiger partial charge in [0.25, 0.3) is 0 Å². The summed E-state index contributed by atoms with van der Waals surface area (Å²) >= 11 is 0. The Kier molecular flexibility index (Phi) is 4.94. The number of nitrogens with one attached hydrogen (secondary N) is 1. The Morgan fingerprint density at radius 3 is 2.07 bits per heavy atom. The lowest BCUT2D eigenvalue weighted by atomic mass is 9.84. The number of rotatable bonds is 4. The summed E-state index contributed by atoms with van der Waals surface area (Å²) in [7, 11) is 0. The fourth-order valence-corrected chi connectivity index (χ4v) is 1.15.